The number of rotatable bonds is 2. The van der Waals surface area contributed by atoms with Crippen LogP contribution in [0.3, 0.4) is 0 Å². The second-order valence-electron chi connectivity index (χ2n) is 4.38. The molecule has 2 rings (SSSR count). The molecule has 1 aromatic rings. The van der Waals surface area contributed by atoms with E-state index in [4.69, 9.17) is 10.0 Å². The Morgan fingerprint density at radius 3 is 2.35 bits per heavy atom. The van der Waals surface area contributed by atoms with Gasteiger partial charge in [0.15, 0.2) is 0 Å². The first kappa shape index (κ1) is 15.1. The average molecular weight is 309 g/mol. The summed E-state index contributed by atoms with van der Waals surface area (Å²) in [7, 11) is -5.88. The summed E-state index contributed by atoms with van der Waals surface area (Å²) in [4.78, 5) is 0. The van der Waals surface area contributed by atoms with Crippen molar-refractivity contribution in [2.45, 2.75) is 12.6 Å². The van der Waals surface area contributed by atoms with Gasteiger partial charge in [0, 0.05) is 6.54 Å². The Hall–Kier alpha value is -1.26. The maximum Gasteiger partial charge on any atom is 0.489 e. The van der Waals surface area contributed by atoms with Crippen molar-refractivity contribution in [3.63, 3.8) is 0 Å². The van der Waals surface area contributed by atoms with Gasteiger partial charge in [-0.15, -0.1) is 0 Å². The van der Waals surface area contributed by atoms with E-state index in [9.17, 15) is 21.6 Å². The molecular weight excluding hydrogens is 298 g/mol. The molecular formula is C10H11BF3NO4S. The molecule has 0 radical (unpaired) electrons. The number of anilines is 1. The minimum absolute atomic E-state index is 0.112. The molecule has 10 heteroatoms. The lowest BCUT2D eigenvalue weighted by Crippen LogP contribution is -2.36. The molecule has 1 aromatic carbocycles. The number of alkyl halides is 3. The fourth-order valence-corrected chi connectivity index (χ4v) is 3.66. The lowest BCUT2D eigenvalue weighted by atomic mass is 9.76. The van der Waals surface area contributed by atoms with Crippen molar-refractivity contribution in [2.75, 3.05) is 16.6 Å². The molecule has 0 bridgehead atoms. The number of hydrogen-bond donors (Lipinski definition) is 2. The highest BCUT2D eigenvalue weighted by molar-refractivity contribution is 7.93. The third kappa shape index (κ3) is 2.77. The van der Waals surface area contributed by atoms with Crippen LogP contribution in [0.15, 0.2) is 18.2 Å². The van der Waals surface area contributed by atoms with Gasteiger partial charge < -0.3 is 10.0 Å². The van der Waals surface area contributed by atoms with Crippen LogP contribution in [-0.4, -0.2) is 37.9 Å². The van der Waals surface area contributed by atoms with Crippen LogP contribution in [0.25, 0.3) is 0 Å². The quantitative estimate of drug-likeness (QED) is 0.750. The van der Waals surface area contributed by atoms with Crippen LogP contribution in [0.1, 0.15) is 12.0 Å². The Bertz CT molecular complexity index is 617. The number of benzene rings is 1. The summed E-state index contributed by atoms with van der Waals surface area (Å²) in [6.45, 7) is 0.112. The fourth-order valence-electron chi connectivity index (χ4n) is 2.10. The molecule has 0 spiro atoms. The third-order valence-electron chi connectivity index (χ3n) is 3.01. The van der Waals surface area contributed by atoms with E-state index in [0.29, 0.717) is 12.5 Å². The number of halogens is 3. The third-order valence-corrected chi connectivity index (χ3v) is 4.88. The van der Waals surface area contributed by atoms with Gasteiger partial charge in [-0.1, -0.05) is 6.07 Å². The van der Waals surface area contributed by atoms with Crippen molar-refractivity contribution in [3.8, 4) is 0 Å². The van der Waals surface area contributed by atoms with Gasteiger partial charge in [0.05, 0.1) is 17.0 Å². The molecule has 110 valence electrons. The zero-order chi connectivity index (χ0) is 15.1. The van der Waals surface area contributed by atoms with Crippen LogP contribution in [0.2, 0.25) is 0 Å². The molecule has 1 fully saturated rings. The molecule has 1 aliphatic rings. The van der Waals surface area contributed by atoms with Gasteiger partial charge in [0.2, 0.25) is 10.0 Å². The number of nitrogens with zero attached hydrogens (tertiary/aromatic N) is 1. The van der Waals surface area contributed by atoms with Gasteiger partial charge in [0.1, 0.15) is 0 Å². The van der Waals surface area contributed by atoms with Crippen molar-refractivity contribution >= 4 is 28.3 Å². The van der Waals surface area contributed by atoms with Crippen LogP contribution in [0, 0.1) is 0 Å². The zero-order valence-corrected chi connectivity index (χ0v) is 10.9. The largest absolute Gasteiger partial charge is 0.489 e. The molecule has 5 nitrogen and oxygen atoms in total. The van der Waals surface area contributed by atoms with Crippen molar-refractivity contribution in [2.24, 2.45) is 0 Å². The highest BCUT2D eigenvalue weighted by Gasteiger charge is 2.38. The van der Waals surface area contributed by atoms with Crippen molar-refractivity contribution < 1.29 is 31.6 Å². The van der Waals surface area contributed by atoms with Crippen molar-refractivity contribution in [1.82, 2.24) is 0 Å². The van der Waals surface area contributed by atoms with Gasteiger partial charge in [-0.3, -0.25) is 4.31 Å². The van der Waals surface area contributed by atoms with Gasteiger partial charge >= 0.3 is 13.3 Å². The summed E-state index contributed by atoms with van der Waals surface area (Å²) in [6, 6.07) is 2.63. The van der Waals surface area contributed by atoms with E-state index < -0.39 is 34.3 Å². The molecule has 2 N–H and O–H groups in total. The van der Waals surface area contributed by atoms with E-state index in [1.165, 1.54) is 0 Å². The molecule has 0 aliphatic carbocycles. The highest BCUT2D eigenvalue weighted by Crippen LogP contribution is 2.32. The van der Waals surface area contributed by atoms with E-state index in [1.54, 1.807) is 0 Å². The Balaban J connectivity index is 2.53. The minimum atomic E-state index is -4.81. The normalized spacial score (nSPS) is 18.4. The molecule has 0 amide bonds. The van der Waals surface area contributed by atoms with E-state index >= 15 is 0 Å². The maximum atomic E-state index is 12.9. The SMILES string of the molecule is O=S1(=O)CCCN1c1ccc(B(O)O)c(C(F)(F)F)c1. The molecule has 20 heavy (non-hydrogen) atoms. The summed E-state index contributed by atoms with van der Waals surface area (Å²) in [6.07, 6.45) is -4.47. The smallest absolute Gasteiger partial charge is 0.423 e. The molecule has 1 heterocycles. The lowest BCUT2D eigenvalue weighted by Gasteiger charge is -2.20. The van der Waals surface area contributed by atoms with E-state index in [-0.39, 0.29) is 18.0 Å². The number of sulfonamides is 1. The minimum Gasteiger partial charge on any atom is -0.423 e. The van der Waals surface area contributed by atoms with E-state index in [1.807, 2.05) is 0 Å². The first-order valence-corrected chi connectivity index (χ1v) is 7.31. The Morgan fingerprint density at radius 2 is 1.90 bits per heavy atom. The highest BCUT2D eigenvalue weighted by atomic mass is 32.2. The number of hydrogen-bond acceptors (Lipinski definition) is 4. The molecule has 1 saturated heterocycles. The fraction of sp³-hybridized carbons (Fsp3) is 0.400. The first-order chi connectivity index (χ1) is 9.13. The second kappa shape index (κ2) is 4.94. The molecule has 0 atom stereocenters. The monoisotopic (exact) mass is 309 g/mol. The molecule has 0 unspecified atom stereocenters. The van der Waals surface area contributed by atoms with E-state index in [0.717, 1.165) is 16.4 Å². The molecule has 1 aliphatic heterocycles. The average Bonchev–Trinajstić information content (AvgIpc) is 2.67. The van der Waals surface area contributed by atoms with Gasteiger partial charge in [-0.05, 0) is 24.0 Å². The lowest BCUT2D eigenvalue weighted by molar-refractivity contribution is -0.136. The van der Waals surface area contributed by atoms with Crippen LogP contribution in [0.5, 0.6) is 0 Å². The predicted octanol–water partition coefficient (Wildman–Crippen LogP) is -0.0749. The van der Waals surface area contributed by atoms with Crippen molar-refractivity contribution in [1.29, 1.82) is 0 Å². The van der Waals surface area contributed by atoms with Crippen LogP contribution in [0.4, 0.5) is 18.9 Å². The molecule has 0 aromatic heterocycles. The molecule has 0 saturated carbocycles. The summed E-state index contributed by atoms with van der Waals surface area (Å²) >= 11 is 0. The van der Waals surface area contributed by atoms with Crippen molar-refractivity contribution in [3.05, 3.63) is 23.8 Å². The Labute approximate surface area is 113 Å². The van der Waals surface area contributed by atoms with E-state index in [2.05, 4.69) is 0 Å². The Kier molecular flexibility index (Phi) is 3.74. The summed E-state index contributed by atoms with van der Waals surface area (Å²) in [5.41, 5.74) is -2.09. The zero-order valence-electron chi connectivity index (χ0n) is 10.1. The topological polar surface area (TPSA) is 77.8 Å². The first-order valence-electron chi connectivity index (χ1n) is 5.70. The van der Waals surface area contributed by atoms with Crippen LogP contribution in [-0.2, 0) is 16.2 Å². The van der Waals surface area contributed by atoms with Gasteiger partial charge in [0.25, 0.3) is 0 Å². The maximum absolute atomic E-state index is 12.9. The van der Waals surface area contributed by atoms with Crippen LogP contribution >= 0.6 is 0 Å². The second-order valence-corrected chi connectivity index (χ2v) is 6.40. The van der Waals surface area contributed by atoms with Crippen LogP contribution < -0.4 is 9.77 Å². The predicted molar refractivity (Wildman–Crippen MR) is 67.0 cm³/mol. The van der Waals surface area contributed by atoms with Gasteiger partial charge in [-0.25, -0.2) is 8.42 Å². The van der Waals surface area contributed by atoms with Gasteiger partial charge in [-0.2, -0.15) is 13.2 Å². The summed E-state index contributed by atoms with van der Waals surface area (Å²) in [5.74, 6) is -0.112. The standard InChI is InChI=1S/C10H11BF3NO4S/c12-10(13,14)8-6-7(2-3-9(8)11(16)17)15-4-1-5-20(15,18)19/h2-3,6,16-17H,1,4-5H2. The Morgan fingerprint density at radius 1 is 1.25 bits per heavy atom. The summed E-state index contributed by atoms with van der Waals surface area (Å²) in [5, 5.41) is 17.9. The summed E-state index contributed by atoms with van der Waals surface area (Å²) < 4.78 is 62.9.